The van der Waals surface area contributed by atoms with Gasteiger partial charge in [-0.1, -0.05) is 19.1 Å². The van der Waals surface area contributed by atoms with E-state index in [-0.39, 0.29) is 18.6 Å². The molecule has 0 aliphatic heterocycles. The normalized spacial score (nSPS) is 10.5. The van der Waals surface area contributed by atoms with Gasteiger partial charge in [0.1, 0.15) is 5.75 Å². The molecule has 19 heavy (non-hydrogen) atoms. The first-order valence-corrected chi connectivity index (χ1v) is 6.83. The van der Waals surface area contributed by atoms with E-state index in [1.54, 1.807) is 0 Å². The van der Waals surface area contributed by atoms with Crippen LogP contribution in [0.2, 0.25) is 0 Å². The predicted molar refractivity (Wildman–Crippen MR) is 77.2 cm³/mol. The fourth-order valence-electron chi connectivity index (χ4n) is 1.67. The molecule has 1 aromatic carbocycles. The van der Waals surface area contributed by atoms with Crippen molar-refractivity contribution in [1.29, 1.82) is 0 Å². The Morgan fingerprint density at radius 2 is 2.16 bits per heavy atom. The third-order valence-electron chi connectivity index (χ3n) is 2.47. The van der Waals surface area contributed by atoms with Gasteiger partial charge in [0.15, 0.2) is 6.61 Å². The summed E-state index contributed by atoms with van der Waals surface area (Å²) in [6.45, 7) is 7.88. The minimum absolute atomic E-state index is 0.0595. The molecule has 0 bridgehead atoms. The van der Waals surface area contributed by atoms with Gasteiger partial charge in [0.2, 0.25) is 0 Å². The highest BCUT2D eigenvalue weighted by Crippen LogP contribution is 2.13. The topological polar surface area (TPSA) is 50.4 Å². The van der Waals surface area contributed by atoms with E-state index in [2.05, 4.69) is 17.6 Å². The maximum atomic E-state index is 11.5. The SMILES string of the molecule is CCCNCc1cccc(OCC(=O)NC(C)C)c1. The van der Waals surface area contributed by atoms with Gasteiger partial charge in [0.05, 0.1) is 0 Å². The number of benzene rings is 1. The van der Waals surface area contributed by atoms with Gasteiger partial charge in [-0.2, -0.15) is 0 Å². The van der Waals surface area contributed by atoms with E-state index in [0.29, 0.717) is 0 Å². The third-order valence-corrected chi connectivity index (χ3v) is 2.47. The van der Waals surface area contributed by atoms with Gasteiger partial charge in [0.25, 0.3) is 5.91 Å². The lowest BCUT2D eigenvalue weighted by molar-refractivity contribution is -0.123. The zero-order valence-corrected chi connectivity index (χ0v) is 12.0. The molecule has 1 aromatic rings. The van der Waals surface area contributed by atoms with Crippen molar-refractivity contribution in [2.45, 2.75) is 39.8 Å². The van der Waals surface area contributed by atoms with Gasteiger partial charge < -0.3 is 15.4 Å². The highest BCUT2D eigenvalue weighted by molar-refractivity contribution is 5.77. The quantitative estimate of drug-likeness (QED) is 0.707. The Morgan fingerprint density at radius 1 is 1.37 bits per heavy atom. The molecule has 1 rings (SSSR count). The van der Waals surface area contributed by atoms with E-state index in [0.717, 1.165) is 30.8 Å². The molecule has 0 atom stereocenters. The van der Waals surface area contributed by atoms with Gasteiger partial charge in [-0.15, -0.1) is 0 Å². The second-order valence-corrected chi connectivity index (χ2v) is 4.84. The summed E-state index contributed by atoms with van der Waals surface area (Å²) in [6, 6.07) is 7.96. The lowest BCUT2D eigenvalue weighted by atomic mass is 10.2. The van der Waals surface area contributed by atoms with Crippen molar-refractivity contribution in [3.8, 4) is 5.75 Å². The van der Waals surface area contributed by atoms with Crippen LogP contribution in [-0.2, 0) is 11.3 Å². The molecule has 0 saturated carbocycles. The van der Waals surface area contributed by atoms with Crippen LogP contribution < -0.4 is 15.4 Å². The third kappa shape index (κ3) is 6.82. The number of hydrogen-bond donors (Lipinski definition) is 2. The van der Waals surface area contributed by atoms with Crippen LogP contribution >= 0.6 is 0 Å². The van der Waals surface area contributed by atoms with E-state index < -0.39 is 0 Å². The van der Waals surface area contributed by atoms with E-state index >= 15 is 0 Å². The monoisotopic (exact) mass is 264 g/mol. The van der Waals surface area contributed by atoms with Crippen LogP contribution in [-0.4, -0.2) is 25.1 Å². The zero-order chi connectivity index (χ0) is 14.1. The van der Waals surface area contributed by atoms with Crippen molar-refractivity contribution in [3.05, 3.63) is 29.8 Å². The number of amides is 1. The molecule has 106 valence electrons. The minimum Gasteiger partial charge on any atom is -0.484 e. The number of carbonyl (C=O) groups excluding carboxylic acids is 1. The van der Waals surface area contributed by atoms with Crippen LogP contribution in [0.15, 0.2) is 24.3 Å². The molecule has 0 fully saturated rings. The fourth-order valence-corrected chi connectivity index (χ4v) is 1.67. The Balaban J connectivity index is 2.41. The standard InChI is InChI=1S/C15H24N2O2/c1-4-8-16-10-13-6-5-7-14(9-13)19-11-15(18)17-12(2)3/h5-7,9,12,16H,4,8,10-11H2,1-3H3,(H,17,18). The second-order valence-electron chi connectivity index (χ2n) is 4.84. The number of ether oxygens (including phenoxy) is 1. The molecule has 0 aliphatic rings. The zero-order valence-electron chi connectivity index (χ0n) is 12.0. The van der Waals surface area contributed by atoms with E-state index in [1.165, 1.54) is 0 Å². The fraction of sp³-hybridized carbons (Fsp3) is 0.533. The van der Waals surface area contributed by atoms with Crippen molar-refractivity contribution >= 4 is 5.91 Å². The maximum Gasteiger partial charge on any atom is 0.258 e. The van der Waals surface area contributed by atoms with Gasteiger partial charge in [-0.25, -0.2) is 0 Å². The van der Waals surface area contributed by atoms with Crippen molar-refractivity contribution in [1.82, 2.24) is 10.6 Å². The van der Waals surface area contributed by atoms with Crippen LogP contribution in [0.5, 0.6) is 5.75 Å². The van der Waals surface area contributed by atoms with Crippen molar-refractivity contribution in [2.24, 2.45) is 0 Å². The molecule has 1 amide bonds. The Bertz CT molecular complexity index is 391. The summed E-state index contributed by atoms with van der Waals surface area (Å²) in [4.78, 5) is 11.5. The predicted octanol–water partition coefficient (Wildman–Crippen LogP) is 2.09. The van der Waals surface area contributed by atoms with Crippen LogP contribution in [0.4, 0.5) is 0 Å². The second kappa shape index (κ2) is 8.53. The lowest BCUT2D eigenvalue weighted by Gasteiger charge is -2.10. The Labute approximate surface area is 115 Å². The largest absolute Gasteiger partial charge is 0.484 e. The molecule has 0 unspecified atom stereocenters. The van der Waals surface area contributed by atoms with Crippen LogP contribution in [0.25, 0.3) is 0 Å². The molecule has 0 saturated heterocycles. The van der Waals surface area contributed by atoms with Gasteiger partial charge in [-0.3, -0.25) is 4.79 Å². The summed E-state index contributed by atoms with van der Waals surface area (Å²) in [5, 5.41) is 6.13. The molecule has 4 heteroatoms. The number of nitrogens with one attached hydrogen (secondary N) is 2. The summed E-state index contributed by atoms with van der Waals surface area (Å²) in [5.41, 5.74) is 1.16. The van der Waals surface area contributed by atoms with E-state index in [9.17, 15) is 4.79 Å². The molecule has 4 nitrogen and oxygen atoms in total. The summed E-state index contributed by atoms with van der Waals surface area (Å²) in [5.74, 6) is 0.638. The van der Waals surface area contributed by atoms with Crippen LogP contribution in [0, 0.1) is 0 Å². The number of rotatable bonds is 8. The summed E-state index contributed by atoms with van der Waals surface area (Å²) in [6.07, 6.45) is 1.12. The Morgan fingerprint density at radius 3 is 2.84 bits per heavy atom. The minimum atomic E-state index is -0.0930. The van der Waals surface area contributed by atoms with Crippen molar-refractivity contribution in [2.75, 3.05) is 13.2 Å². The molecular weight excluding hydrogens is 240 g/mol. The summed E-state index contributed by atoms with van der Waals surface area (Å²) < 4.78 is 5.48. The van der Waals surface area contributed by atoms with Crippen LogP contribution in [0.1, 0.15) is 32.8 Å². The molecule has 0 aromatic heterocycles. The first-order chi connectivity index (χ1) is 9.11. The number of carbonyl (C=O) groups is 1. The Kier molecular flexibility index (Phi) is 6.97. The molecule has 0 radical (unpaired) electrons. The van der Waals surface area contributed by atoms with Gasteiger partial charge in [-0.05, 0) is 44.5 Å². The number of hydrogen-bond acceptors (Lipinski definition) is 3. The van der Waals surface area contributed by atoms with E-state index in [1.807, 2.05) is 38.1 Å². The van der Waals surface area contributed by atoms with Crippen molar-refractivity contribution in [3.63, 3.8) is 0 Å². The molecule has 0 spiro atoms. The first kappa shape index (κ1) is 15.5. The van der Waals surface area contributed by atoms with E-state index in [4.69, 9.17) is 4.74 Å². The molecule has 0 aliphatic carbocycles. The first-order valence-electron chi connectivity index (χ1n) is 6.83. The lowest BCUT2D eigenvalue weighted by Crippen LogP contribution is -2.34. The summed E-state index contributed by atoms with van der Waals surface area (Å²) in [7, 11) is 0. The molecule has 0 heterocycles. The summed E-state index contributed by atoms with van der Waals surface area (Å²) >= 11 is 0. The molecule has 2 N–H and O–H groups in total. The highest BCUT2D eigenvalue weighted by atomic mass is 16.5. The van der Waals surface area contributed by atoms with Gasteiger partial charge >= 0.3 is 0 Å². The maximum absolute atomic E-state index is 11.5. The average Bonchev–Trinajstić information content (AvgIpc) is 2.36. The molecular formula is C15H24N2O2. The van der Waals surface area contributed by atoms with Gasteiger partial charge in [0, 0.05) is 12.6 Å². The highest BCUT2D eigenvalue weighted by Gasteiger charge is 2.04. The smallest absolute Gasteiger partial charge is 0.258 e. The van der Waals surface area contributed by atoms with Crippen LogP contribution in [0.3, 0.4) is 0 Å². The van der Waals surface area contributed by atoms with Crippen molar-refractivity contribution < 1.29 is 9.53 Å². The Hall–Kier alpha value is -1.55. The average molecular weight is 264 g/mol.